The lowest BCUT2D eigenvalue weighted by molar-refractivity contribution is 0.242. The number of para-hydroxylation sites is 1. The zero-order chi connectivity index (χ0) is 21.8. The van der Waals surface area contributed by atoms with Gasteiger partial charge in [0, 0.05) is 24.5 Å². The Morgan fingerprint density at radius 3 is 2.45 bits per heavy atom. The van der Waals surface area contributed by atoms with Gasteiger partial charge in [0.25, 0.3) is 5.56 Å². The van der Waals surface area contributed by atoms with E-state index in [2.05, 4.69) is 22.4 Å². The van der Waals surface area contributed by atoms with Gasteiger partial charge in [-0.05, 0) is 36.6 Å². The van der Waals surface area contributed by atoms with Gasteiger partial charge in [0.1, 0.15) is 17.4 Å². The summed E-state index contributed by atoms with van der Waals surface area (Å²) in [7, 11) is 0. The SMILES string of the molecule is N#CCN1CCC(Nc2c(C#N)c(=O)n(Cc3ccc(F)cc3)c3ccccc23)CC1. The molecule has 0 unspecified atom stereocenters. The van der Waals surface area contributed by atoms with E-state index in [1.807, 2.05) is 24.3 Å². The van der Waals surface area contributed by atoms with Gasteiger partial charge in [-0.2, -0.15) is 10.5 Å². The monoisotopic (exact) mass is 415 g/mol. The van der Waals surface area contributed by atoms with Crippen LogP contribution < -0.4 is 10.9 Å². The average molecular weight is 415 g/mol. The standard InChI is InChI=1S/C24H22FN5O/c25-18-7-5-17(6-8-18)16-30-22-4-2-1-3-20(22)23(21(15-27)24(30)31)28-19-9-12-29(13-10-19)14-11-26/h1-8,19,28H,9-10,12-14,16H2. The lowest BCUT2D eigenvalue weighted by Crippen LogP contribution is -2.39. The van der Waals surface area contributed by atoms with Crippen LogP contribution in [0.2, 0.25) is 0 Å². The smallest absolute Gasteiger partial charge is 0.271 e. The van der Waals surface area contributed by atoms with E-state index in [-0.39, 0.29) is 29.5 Å². The van der Waals surface area contributed by atoms with Crippen LogP contribution in [-0.2, 0) is 6.54 Å². The van der Waals surface area contributed by atoms with Crippen molar-refractivity contribution >= 4 is 16.6 Å². The third kappa shape index (κ3) is 4.28. The van der Waals surface area contributed by atoms with E-state index >= 15 is 0 Å². The Labute approximate surface area is 179 Å². The van der Waals surface area contributed by atoms with Crippen molar-refractivity contribution in [2.75, 3.05) is 25.0 Å². The van der Waals surface area contributed by atoms with Crippen molar-refractivity contribution in [2.45, 2.75) is 25.4 Å². The summed E-state index contributed by atoms with van der Waals surface area (Å²) in [6.07, 6.45) is 1.67. The number of anilines is 1. The van der Waals surface area contributed by atoms with Crippen LogP contribution in [0.4, 0.5) is 10.1 Å². The zero-order valence-electron chi connectivity index (χ0n) is 17.0. The van der Waals surface area contributed by atoms with Crippen LogP contribution in [0.15, 0.2) is 53.3 Å². The molecule has 0 saturated carbocycles. The van der Waals surface area contributed by atoms with Crippen LogP contribution in [0.1, 0.15) is 24.0 Å². The number of hydrogen-bond donors (Lipinski definition) is 1. The van der Waals surface area contributed by atoms with Crippen LogP contribution in [0.5, 0.6) is 0 Å². The number of aromatic nitrogens is 1. The number of piperidine rings is 1. The fraction of sp³-hybridized carbons (Fsp3) is 0.292. The lowest BCUT2D eigenvalue weighted by Gasteiger charge is -2.31. The van der Waals surface area contributed by atoms with Crippen LogP contribution >= 0.6 is 0 Å². The molecule has 0 bridgehead atoms. The number of nitrogens with zero attached hydrogens (tertiary/aromatic N) is 4. The summed E-state index contributed by atoms with van der Waals surface area (Å²) in [6.45, 7) is 2.26. The molecule has 7 heteroatoms. The summed E-state index contributed by atoms with van der Waals surface area (Å²) in [5.41, 5.74) is 1.79. The Hall–Kier alpha value is -3.68. The van der Waals surface area contributed by atoms with Gasteiger partial charge in [-0.25, -0.2) is 4.39 Å². The molecule has 156 valence electrons. The summed E-state index contributed by atoms with van der Waals surface area (Å²) in [5, 5.41) is 23.0. The van der Waals surface area contributed by atoms with Gasteiger partial charge >= 0.3 is 0 Å². The molecule has 1 aliphatic rings. The number of pyridine rings is 1. The minimum absolute atomic E-state index is 0.0836. The Morgan fingerprint density at radius 1 is 1.06 bits per heavy atom. The molecule has 0 atom stereocenters. The second-order valence-corrected chi connectivity index (χ2v) is 7.75. The molecule has 1 aliphatic heterocycles. The highest BCUT2D eigenvalue weighted by Crippen LogP contribution is 2.28. The van der Waals surface area contributed by atoms with E-state index in [1.165, 1.54) is 12.1 Å². The molecule has 2 aromatic carbocycles. The molecule has 1 fully saturated rings. The van der Waals surface area contributed by atoms with Gasteiger partial charge in [-0.15, -0.1) is 0 Å². The van der Waals surface area contributed by atoms with Crippen LogP contribution in [0.3, 0.4) is 0 Å². The number of nitriles is 2. The molecule has 0 amide bonds. The van der Waals surface area contributed by atoms with E-state index < -0.39 is 0 Å². The fourth-order valence-electron chi connectivity index (χ4n) is 4.13. The number of hydrogen-bond acceptors (Lipinski definition) is 5. The fourth-order valence-corrected chi connectivity index (χ4v) is 4.13. The first-order valence-corrected chi connectivity index (χ1v) is 10.3. The molecule has 0 radical (unpaired) electrons. The van der Waals surface area contributed by atoms with E-state index in [1.54, 1.807) is 16.7 Å². The van der Waals surface area contributed by atoms with Crippen molar-refractivity contribution in [3.8, 4) is 12.1 Å². The van der Waals surface area contributed by atoms with Crippen molar-refractivity contribution < 1.29 is 4.39 Å². The molecule has 3 aromatic rings. The number of benzene rings is 2. The second kappa shape index (κ2) is 8.99. The number of rotatable bonds is 5. The highest BCUT2D eigenvalue weighted by atomic mass is 19.1. The third-order valence-electron chi connectivity index (χ3n) is 5.77. The minimum Gasteiger partial charge on any atom is -0.380 e. The molecule has 1 aromatic heterocycles. The third-order valence-corrected chi connectivity index (χ3v) is 5.77. The summed E-state index contributed by atoms with van der Waals surface area (Å²) in [4.78, 5) is 15.4. The van der Waals surface area contributed by atoms with Gasteiger partial charge < -0.3 is 9.88 Å². The Morgan fingerprint density at radius 2 is 1.77 bits per heavy atom. The Kier molecular flexibility index (Phi) is 5.97. The number of nitrogens with one attached hydrogen (secondary N) is 1. The summed E-state index contributed by atoms with van der Waals surface area (Å²) in [5.74, 6) is -0.334. The van der Waals surface area contributed by atoms with Crippen molar-refractivity contribution in [2.24, 2.45) is 0 Å². The predicted molar refractivity (Wildman–Crippen MR) is 117 cm³/mol. The van der Waals surface area contributed by atoms with E-state index in [4.69, 9.17) is 5.26 Å². The predicted octanol–water partition coefficient (Wildman–Crippen LogP) is 3.46. The Bertz CT molecular complexity index is 1230. The molecule has 0 spiro atoms. The molecule has 4 rings (SSSR count). The molecular formula is C24H22FN5O. The van der Waals surface area contributed by atoms with Crippen LogP contribution in [0.25, 0.3) is 10.9 Å². The Balaban J connectivity index is 1.72. The maximum atomic E-state index is 13.3. The van der Waals surface area contributed by atoms with Crippen LogP contribution in [0, 0.1) is 28.5 Å². The molecule has 1 N–H and O–H groups in total. The summed E-state index contributed by atoms with van der Waals surface area (Å²) in [6, 6.07) is 17.9. The van der Waals surface area contributed by atoms with Gasteiger partial charge in [0.2, 0.25) is 0 Å². The van der Waals surface area contributed by atoms with E-state index in [0.717, 1.165) is 42.4 Å². The van der Waals surface area contributed by atoms with Crippen molar-refractivity contribution in [1.29, 1.82) is 10.5 Å². The number of fused-ring (bicyclic) bond motifs is 1. The first-order chi connectivity index (χ1) is 15.1. The molecular weight excluding hydrogens is 393 g/mol. The largest absolute Gasteiger partial charge is 0.380 e. The van der Waals surface area contributed by atoms with Crippen molar-refractivity contribution in [1.82, 2.24) is 9.47 Å². The zero-order valence-corrected chi connectivity index (χ0v) is 17.0. The van der Waals surface area contributed by atoms with Gasteiger partial charge in [0.05, 0.1) is 30.4 Å². The highest BCUT2D eigenvalue weighted by molar-refractivity contribution is 5.94. The molecule has 6 nitrogen and oxygen atoms in total. The second-order valence-electron chi connectivity index (χ2n) is 7.75. The highest BCUT2D eigenvalue weighted by Gasteiger charge is 2.23. The topological polar surface area (TPSA) is 84.8 Å². The molecule has 2 heterocycles. The van der Waals surface area contributed by atoms with Crippen molar-refractivity contribution in [3.05, 3.63) is 75.8 Å². The number of halogens is 1. The van der Waals surface area contributed by atoms with Crippen molar-refractivity contribution in [3.63, 3.8) is 0 Å². The molecule has 31 heavy (non-hydrogen) atoms. The quantitative estimate of drug-likeness (QED) is 0.645. The summed E-state index contributed by atoms with van der Waals surface area (Å²) >= 11 is 0. The summed E-state index contributed by atoms with van der Waals surface area (Å²) < 4.78 is 14.9. The minimum atomic E-state index is -0.366. The van der Waals surface area contributed by atoms with Gasteiger partial charge in [-0.1, -0.05) is 30.3 Å². The normalized spacial score (nSPS) is 14.8. The first-order valence-electron chi connectivity index (χ1n) is 10.3. The molecule has 0 aliphatic carbocycles. The first kappa shape index (κ1) is 20.6. The maximum Gasteiger partial charge on any atom is 0.271 e. The van der Waals surface area contributed by atoms with Gasteiger partial charge in [0.15, 0.2) is 0 Å². The number of likely N-dealkylation sites (tertiary alicyclic amines) is 1. The molecule has 1 saturated heterocycles. The van der Waals surface area contributed by atoms with E-state index in [0.29, 0.717) is 12.2 Å². The average Bonchev–Trinajstić information content (AvgIpc) is 2.79. The van der Waals surface area contributed by atoms with Crippen LogP contribution in [-0.4, -0.2) is 35.1 Å². The van der Waals surface area contributed by atoms with E-state index in [9.17, 15) is 14.4 Å². The lowest BCUT2D eigenvalue weighted by atomic mass is 10.0. The maximum absolute atomic E-state index is 13.3. The van der Waals surface area contributed by atoms with Gasteiger partial charge in [-0.3, -0.25) is 9.69 Å².